The third-order valence-corrected chi connectivity index (χ3v) is 10.2. The first-order valence-electron chi connectivity index (χ1n) is 18.0. The molecule has 10 rings (SSSR count). The first kappa shape index (κ1) is 37.3. The predicted molar refractivity (Wildman–Crippen MR) is 232 cm³/mol. The molecule has 0 aliphatic carbocycles. The molecule has 2 heterocycles. The molecule has 0 amide bonds. The normalized spacial score (nSPS) is 10.9. The number of hydrogen-bond donors (Lipinski definition) is 0. The number of rotatable bonds is 1. The quantitative estimate of drug-likeness (QED) is 0.121. The van der Waals surface area contributed by atoms with Gasteiger partial charge >= 0.3 is 20.1 Å². The molecule has 0 fully saturated rings. The molecule has 12 bridgehead atoms. The van der Waals surface area contributed by atoms with Crippen LogP contribution in [-0.4, -0.2) is 9.97 Å². The molecule has 0 N–H and O–H groups in total. The van der Waals surface area contributed by atoms with Crippen molar-refractivity contribution in [2.45, 2.75) is 20.8 Å². The van der Waals surface area contributed by atoms with Gasteiger partial charge in [0.15, 0.2) is 0 Å². The number of aryl methyl sites for hydroxylation is 3. The van der Waals surface area contributed by atoms with E-state index in [1.165, 1.54) is 75.8 Å². The van der Waals surface area contributed by atoms with Crippen LogP contribution in [0.2, 0.25) is 0 Å². The van der Waals surface area contributed by atoms with Crippen molar-refractivity contribution >= 4 is 75.5 Å². The molecule has 0 unspecified atom stereocenters. The second-order valence-electron chi connectivity index (χ2n) is 14.0. The van der Waals surface area contributed by atoms with Crippen molar-refractivity contribution in [2.24, 2.45) is 0 Å². The topological polar surface area (TPSA) is 25.8 Å². The summed E-state index contributed by atoms with van der Waals surface area (Å²) < 4.78 is 0. The van der Waals surface area contributed by atoms with E-state index in [0.29, 0.717) is 0 Å². The fourth-order valence-electron chi connectivity index (χ4n) is 7.21. The maximum Gasteiger partial charge on any atom is 3.00 e. The van der Waals surface area contributed by atoms with E-state index in [-0.39, 0.29) is 27.5 Å². The van der Waals surface area contributed by atoms with Crippen LogP contribution in [0.3, 0.4) is 0 Å². The Bertz CT molecular complexity index is 3030. The largest absolute Gasteiger partial charge is 3.00 e. The van der Waals surface area contributed by atoms with Gasteiger partial charge in [-0.1, -0.05) is 115 Å². The van der Waals surface area contributed by atoms with Crippen molar-refractivity contribution in [1.82, 2.24) is 9.97 Å². The molecule has 0 spiro atoms. The Morgan fingerprint density at radius 1 is 0.418 bits per heavy atom. The number of aromatic nitrogens is 2. The van der Waals surface area contributed by atoms with Crippen LogP contribution in [0.4, 0.5) is 0 Å². The minimum Gasteiger partial charge on any atom is -0.358 e. The van der Waals surface area contributed by atoms with E-state index in [9.17, 15) is 0 Å². The van der Waals surface area contributed by atoms with Crippen LogP contribution in [0, 0.1) is 40.3 Å². The number of pyridine rings is 2. The van der Waals surface area contributed by atoms with Crippen LogP contribution in [0.25, 0.3) is 86.8 Å². The van der Waals surface area contributed by atoms with Gasteiger partial charge in [-0.3, -0.25) is 0 Å². The van der Waals surface area contributed by atoms with Gasteiger partial charge in [-0.25, -0.2) is 0 Å². The Morgan fingerprint density at radius 3 is 1.60 bits per heavy atom. The van der Waals surface area contributed by atoms with Crippen LogP contribution >= 0.6 is 0 Å². The summed E-state index contributed by atoms with van der Waals surface area (Å²) in [5.41, 5.74) is 6.53. The Kier molecular flexibility index (Phi) is 10.7. The minimum absolute atomic E-state index is 0. The molecule has 55 heavy (non-hydrogen) atoms. The van der Waals surface area contributed by atoms with Gasteiger partial charge in [-0.2, -0.15) is 0 Å². The molecule has 0 radical (unpaired) electrons. The number of nitrogens with zero attached hydrogens (tertiary/aromatic N) is 2. The number of benzene rings is 7. The second-order valence-corrected chi connectivity index (χ2v) is 14.0. The maximum atomic E-state index is 4.84. The van der Waals surface area contributed by atoms with Gasteiger partial charge in [0.25, 0.3) is 0 Å². The third kappa shape index (κ3) is 7.55. The van der Waals surface area contributed by atoms with E-state index in [1.807, 2.05) is 37.5 Å². The zero-order chi connectivity index (χ0) is 35.9. The number of fused-ring (bicyclic) bond motifs is 15. The summed E-state index contributed by atoms with van der Waals surface area (Å²) in [4.78, 5) is 9.19. The average molecular weight is 884 g/mol. The SMILES string of the molecule is Cc1c[c-]c(-c2ccc(C)cn2)cc1.Cc1cnc2cc1c1cccc(c1)c1cccc(c1)c1cccc(c1)c1ccc3ccc4c[c-]c2cc4c3c1.[CH3-].[Ir+3]. The standard InChI is InChI=1S/C38H24N.C13H12N.CH3.Ir/c1-24-23-39-38-22-35(24)33-10-4-9-31(19-33)29-7-2-5-27(17-29)28-6-3-8-30(18-28)32-15-13-25-11-12-26-14-16-34(38)21-37(26)36(25)20-32;1-10-3-6-12(7-4-10)13-8-5-11(2)9-14-13;;/h2-15,17-23H,1H3;3-6,8-9H,1-2H3;1H3;/q3*-1;+3. The van der Waals surface area contributed by atoms with Crippen LogP contribution in [0.5, 0.6) is 0 Å². The maximum absolute atomic E-state index is 4.84. The van der Waals surface area contributed by atoms with Gasteiger partial charge < -0.3 is 17.4 Å². The predicted octanol–water partition coefficient (Wildman–Crippen LogP) is 14.0. The van der Waals surface area contributed by atoms with Crippen LogP contribution in [-0.2, 0) is 20.1 Å². The van der Waals surface area contributed by atoms with Crippen molar-refractivity contribution < 1.29 is 20.1 Å². The molecule has 0 saturated carbocycles. The van der Waals surface area contributed by atoms with Gasteiger partial charge in [0, 0.05) is 12.4 Å². The van der Waals surface area contributed by atoms with E-state index in [4.69, 9.17) is 4.98 Å². The Morgan fingerprint density at radius 2 is 0.982 bits per heavy atom. The average Bonchev–Trinajstić information content (AvgIpc) is 3.21. The molecule has 2 nitrogen and oxygen atoms in total. The minimum atomic E-state index is 0. The summed E-state index contributed by atoms with van der Waals surface area (Å²) in [6.07, 6.45) is 3.87. The van der Waals surface area contributed by atoms with Crippen molar-refractivity contribution in [3.63, 3.8) is 0 Å². The molecule has 0 aliphatic rings. The molecule has 3 heteroatoms. The zero-order valence-electron chi connectivity index (χ0n) is 31.3. The summed E-state index contributed by atoms with van der Waals surface area (Å²) in [5, 5.41) is 15.6. The smallest absolute Gasteiger partial charge is 0.358 e. The fourth-order valence-corrected chi connectivity index (χ4v) is 7.21. The van der Waals surface area contributed by atoms with E-state index >= 15 is 0 Å². The van der Waals surface area contributed by atoms with Gasteiger partial charge in [-0.05, 0) is 114 Å². The molecule has 266 valence electrons. The monoisotopic (exact) mass is 884 g/mol. The van der Waals surface area contributed by atoms with E-state index in [1.54, 1.807) is 0 Å². The molecule has 0 aliphatic heterocycles. The fraction of sp³-hybridized carbons (Fsp3) is 0.0577. The van der Waals surface area contributed by atoms with Gasteiger partial charge in [0.2, 0.25) is 0 Å². The van der Waals surface area contributed by atoms with Crippen molar-refractivity contribution in [3.05, 3.63) is 200 Å². The Balaban J connectivity index is 0.000000247. The van der Waals surface area contributed by atoms with Crippen LogP contribution in [0.15, 0.2) is 164 Å². The van der Waals surface area contributed by atoms with E-state index in [2.05, 4.69) is 164 Å². The summed E-state index contributed by atoms with van der Waals surface area (Å²) in [7, 11) is 0. The third-order valence-electron chi connectivity index (χ3n) is 10.2. The Labute approximate surface area is 336 Å². The first-order chi connectivity index (χ1) is 25.9. The first-order valence-corrected chi connectivity index (χ1v) is 18.0. The van der Waals surface area contributed by atoms with Crippen molar-refractivity contribution in [1.29, 1.82) is 0 Å². The van der Waals surface area contributed by atoms with Crippen molar-refractivity contribution in [2.75, 3.05) is 0 Å². The summed E-state index contributed by atoms with van der Waals surface area (Å²) in [6.45, 7) is 6.23. The molecular formula is C52H39IrN2. The van der Waals surface area contributed by atoms with Crippen LogP contribution in [0.1, 0.15) is 16.7 Å². The number of hydrogen-bond acceptors (Lipinski definition) is 2. The molecule has 2 aromatic heterocycles. The summed E-state index contributed by atoms with van der Waals surface area (Å²) in [5.74, 6) is 0. The van der Waals surface area contributed by atoms with Crippen molar-refractivity contribution in [3.8, 4) is 11.3 Å². The van der Waals surface area contributed by atoms with Crippen LogP contribution < -0.4 is 0 Å². The summed E-state index contributed by atoms with van der Waals surface area (Å²) in [6, 6.07) is 61.3. The van der Waals surface area contributed by atoms with E-state index in [0.717, 1.165) is 27.7 Å². The second kappa shape index (κ2) is 15.8. The molecule has 0 saturated heterocycles. The molecule has 0 atom stereocenters. The zero-order valence-corrected chi connectivity index (χ0v) is 33.7. The molecule has 10 aromatic rings. The Hall–Kier alpha value is -5.99. The molecular weight excluding hydrogens is 845 g/mol. The summed E-state index contributed by atoms with van der Waals surface area (Å²) >= 11 is 0. The molecule has 8 aromatic carbocycles. The van der Waals surface area contributed by atoms with E-state index < -0.39 is 0 Å². The van der Waals surface area contributed by atoms with Gasteiger partial charge in [0.05, 0.1) is 0 Å². The van der Waals surface area contributed by atoms with Gasteiger partial charge in [0.1, 0.15) is 0 Å². The van der Waals surface area contributed by atoms with Gasteiger partial charge in [-0.15, -0.1) is 59.0 Å².